The van der Waals surface area contributed by atoms with Gasteiger partial charge in [0.1, 0.15) is 12.0 Å². The van der Waals surface area contributed by atoms with Gasteiger partial charge in [-0.05, 0) is 5.56 Å². The SMILES string of the molecule is N#CC(c1ccccc1)C(O)C[n+]1ccc(N)cc1. The number of hydrogen-bond donors (Lipinski definition) is 2. The predicted octanol–water partition coefficient (Wildman–Crippen LogP) is 1.22. The van der Waals surface area contributed by atoms with Crippen LogP contribution in [-0.2, 0) is 6.54 Å². The van der Waals surface area contributed by atoms with E-state index in [0.717, 1.165) is 5.56 Å². The number of anilines is 1. The first-order chi connectivity index (χ1) is 9.20. The number of nitrogen functional groups attached to an aromatic ring is 1. The molecule has 4 nitrogen and oxygen atoms in total. The number of rotatable bonds is 4. The van der Waals surface area contributed by atoms with Crippen molar-refractivity contribution >= 4 is 5.69 Å². The Morgan fingerprint density at radius 1 is 1.16 bits per heavy atom. The lowest BCUT2D eigenvalue weighted by Gasteiger charge is -2.14. The van der Waals surface area contributed by atoms with E-state index in [1.807, 2.05) is 34.9 Å². The second-order valence-electron chi connectivity index (χ2n) is 4.41. The number of nitrogens with zero attached hydrogens (tertiary/aromatic N) is 2. The van der Waals surface area contributed by atoms with Gasteiger partial charge in [-0.25, -0.2) is 4.57 Å². The normalized spacial score (nSPS) is 13.5. The molecule has 0 radical (unpaired) electrons. The fourth-order valence-corrected chi connectivity index (χ4v) is 1.96. The molecule has 0 aliphatic rings. The quantitative estimate of drug-likeness (QED) is 0.806. The molecule has 2 aromatic rings. The standard InChI is InChI=1S/C15H15N3O/c16-10-14(12-4-2-1-3-5-12)15(19)11-18-8-6-13(17)7-9-18/h1-9,14-15,17,19H,11H2/p+1. The molecule has 1 heterocycles. The van der Waals surface area contributed by atoms with Gasteiger partial charge in [0, 0.05) is 17.8 Å². The molecule has 0 spiro atoms. The average Bonchev–Trinajstić information content (AvgIpc) is 2.43. The Morgan fingerprint density at radius 3 is 2.37 bits per heavy atom. The maximum atomic E-state index is 10.2. The third-order valence-electron chi connectivity index (χ3n) is 3.00. The minimum Gasteiger partial charge on any atom is -0.398 e. The van der Waals surface area contributed by atoms with Crippen molar-refractivity contribution in [3.63, 3.8) is 0 Å². The van der Waals surface area contributed by atoms with Crippen molar-refractivity contribution in [3.05, 3.63) is 60.4 Å². The van der Waals surface area contributed by atoms with Gasteiger partial charge in [0.05, 0.1) is 6.07 Å². The number of aliphatic hydroxyl groups is 1. The van der Waals surface area contributed by atoms with E-state index >= 15 is 0 Å². The Balaban J connectivity index is 2.12. The molecular formula is C15H16N3O+. The zero-order valence-electron chi connectivity index (χ0n) is 10.5. The first-order valence-corrected chi connectivity index (χ1v) is 6.08. The van der Waals surface area contributed by atoms with Gasteiger partial charge < -0.3 is 10.8 Å². The topological polar surface area (TPSA) is 73.9 Å². The summed E-state index contributed by atoms with van der Waals surface area (Å²) in [4.78, 5) is 0. The van der Waals surface area contributed by atoms with E-state index in [1.54, 1.807) is 24.5 Å². The van der Waals surface area contributed by atoms with E-state index in [0.29, 0.717) is 12.2 Å². The molecule has 2 atom stereocenters. The Hall–Kier alpha value is -2.38. The average molecular weight is 254 g/mol. The lowest BCUT2D eigenvalue weighted by atomic mass is 9.95. The van der Waals surface area contributed by atoms with Crippen LogP contribution in [0.1, 0.15) is 11.5 Å². The molecule has 1 aromatic carbocycles. The molecule has 0 amide bonds. The van der Waals surface area contributed by atoms with Crippen LogP contribution in [0, 0.1) is 11.3 Å². The summed E-state index contributed by atoms with van der Waals surface area (Å²) in [6.07, 6.45) is 2.82. The number of hydrogen-bond acceptors (Lipinski definition) is 3. The van der Waals surface area contributed by atoms with Crippen molar-refractivity contribution < 1.29 is 9.67 Å². The van der Waals surface area contributed by atoms with Gasteiger partial charge in [-0.1, -0.05) is 30.3 Å². The summed E-state index contributed by atoms with van der Waals surface area (Å²) in [6, 6.07) is 15.0. The van der Waals surface area contributed by atoms with Crippen LogP contribution in [0.2, 0.25) is 0 Å². The van der Waals surface area contributed by atoms with Crippen molar-refractivity contribution in [2.45, 2.75) is 18.6 Å². The summed E-state index contributed by atoms with van der Waals surface area (Å²) in [5.74, 6) is -0.536. The van der Waals surface area contributed by atoms with Gasteiger partial charge in [0.15, 0.2) is 18.9 Å². The van der Waals surface area contributed by atoms with Gasteiger partial charge in [0.25, 0.3) is 0 Å². The molecule has 2 rings (SSSR count). The number of pyridine rings is 1. The minimum absolute atomic E-state index is 0.355. The highest BCUT2D eigenvalue weighted by Gasteiger charge is 2.24. The van der Waals surface area contributed by atoms with Crippen LogP contribution in [0.5, 0.6) is 0 Å². The van der Waals surface area contributed by atoms with E-state index in [2.05, 4.69) is 6.07 Å². The van der Waals surface area contributed by atoms with Crippen LogP contribution in [-0.4, -0.2) is 11.2 Å². The second-order valence-corrected chi connectivity index (χ2v) is 4.41. The maximum absolute atomic E-state index is 10.2. The molecule has 96 valence electrons. The van der Waals surface area contributed by atoms with Crippen molar-refractivity contribution in [3.8, 4) is 6.07 Å². The molecule has 0 saturated carbocycles. The summed E-state index contributed by atoms with van der Waals surface area (Å²) >= 11 is 0. The zero-order chi connectivity index (χ0) is 13.7. The van der Waals surface area contributed by atoms with Crippen molar-refractivity contribution in [1.82, 2.24) is 0 Å². The van der Waals surface area contributed by atoms with Crippen LogP contribution in [0.3, 0.4) is 0 Å². The smallest absolute Gasteiger partial charge is 0.175 e. The van der Waals surface area contributed by atoms with E-state index in [-0.39, 0.29) is 0 Å². The third kappa shape index (κ3) is 3.30. The van der Waals surface area contributed by atoms with Crippen molar-refractivity contribution in [1.29, 1.82) is 5.26 Å². The Morgan fingerprint density at radius 2 is 1.79 bits per heavy atom. The predicted molar refractivity (Wildman–Crippen MR) is 71.9 cm³/mol. The van der Waals surface area contributed by atoms with E-state index in [9.17, 15) is 10.4 Å². The molecule has 0 bridgehead atoms. The van der Waals surface area contributed by atoms with E-state index in [4.69, 9.17) is 5.73 Å². The third-order valence-corrected chi connectivity index (χ3v) is 3.00. The molecule has 0 saturated heterocycles. The number of nitrogens with two attached hydrogens (primary N) is 1. The highest BCUT2D eigenvalue weighted by atomic mass is 16.3. The maximum Gasteiger partial charge on any atom is 0.175 e. The number of aromatic nitrogens is 1. The van der Waals surface area contributed by atoms with E-state index in [1.165, 1.54) is 0 Å². The highest BCUT2D eigenvalue weighted by molar-refractivity contribution is 5.32. The minimum atomic E-state index is -0.763. The first kappa shape index (κ1) is 13.1. The molecular weight excluding hydrogens is 238 g/mol. The largest absolute Gasteiger partial charge is 0.398 e. The zero-order valence-corrected chi connectivity index (χ0v) is 10.5. The summed E-state index contributed by atoms with van der Waals surface area (Å²) in [7, 11) is 0. The molecule has 1 aromatic heterocycles. The van der Waals surface area contributed by atoms with Gasteiger partial charge in [-0.2, -0.15) is 5.26 Å². The van der Waals surface area contributed by atoms with Crippen LogP contribution in [0.15, 0.2) is 54.9 Å². The number of benzene rings is 1. The summed E-state index contributed by atoms with van der Waals surface area (Å²) < 4.78 is 1.81. The first-order valence-electron chi connectivity index (χ1n) is 6.08. The van der Waals surface area contributed by atoms with E-state index < -0.39 is 12.0 Å². The molecule has 4 heteroatoms. The fourth-order valence-electron chi connectivity index (χ4n) is 1.96. The molecule has 3 N–H and O–H groups in total. The van der Waals surface area contributed by atoms with Crippen molar-refractivity contribution in [2.75, 3.05) is 5.73 Å². The molecule has 0 aliphatic heterocycles. The second kappa shape index (κ2) is 5.98. The van der Waals surface area contributed by atoms with Gasteiger partial charge >= 0.3 is 0 Å². The van der Waals surface area contributed by atoms with Crippen LogP contribution in [0.4, 0.5) is 5.69 Å². The number of aliphatic hydroxyl groups excluding tert-OH is 1. The fraction of sp³-hybridized carbons (Fsp3) is 0.200. The molecule has 2 unspecified atom stereocenters. The summed E-state index contributed by atoms with van der Waals surface area (Å²) in [5.41, 5.74) is 7.11. The van der Waals surface area contributed by atoms with Crippen LogP contribution >= 0.6 is 0 Å². The molecule has 0 fully saturated rings. The van der Waals surface area contributed by atoms with Gasteiger partial charge in [-0.15, -0.1) is 0 Å². The van der Waals surface area contributed by atoms with Crippen molar-refractivity contribution in [2.24, 2.45) is 0 Å². The number of nitriles is 1. The van der Waals surface area contributed by atoms with Crippen LogP contribution < -0.4 is 10.3 Å². The summed E-state index contributed by atoms with van der Waals surface area (Å²) in [6.45, 7) is 0.355. The lowest BCUT2D eigenvalue weighted by Crippen LogP contribution is -2.41. The monoisotopic (exact) mass is 254 g/mol. The molecule has 19 heavy (non-hydrogen) atoms. The Labute approximate surface area is 112 Å². The Bertz CT molecular complexity index is 560. The molecule has 0 aliphatic carbocycles. The van der Waals surface area contributed by atoms with Gasteiger partial charge in [-0.3, -0.25) is 0 Å². The summed E-state index contributed by atoms with van der Waals surface area (Å²) in [5, 5.41) is 19.4. The lowest BCUT2D eigenvalue weighted by molar-refractivity contribution is -0.703. The van der Waals surface area contributed by atoms with Gasteiger partial charge in [0.2, 0.25) is 0 Å². The van der Waals surface area contributed by atoms with Crippen LogP contribution in [0.25, 0.3) is 0 Å². The Kier molecular flexibility index (Phi) is 4.11. The highest BCUT2D eigenvalue weighted by Crippen LogP contribution is 2.18.